The van der Waals surface area contributed by atoms with Crippen LogP contribution in [0.4, 0.5) is 0 Å². The van der Waals surface area contributed by atoms with Gasteiger partial charge in [-0.15, -0.1) is 0 Å². The fourth-order valence-electron chi connectivity index (χ4n) is 2.12. The molecule has 0 N–H and O–H groups in total. The van der Waals surface area contributed by atoms with Gasteiger partial charge in [0, 0.05) is 18.5 Å². The zero-order valence-electron chi connectivity index (χ0n) is 10.2. The lowest BCUT2D eigenvalue weighted by molar-refractivity contribution is 0.0730. The predicted octanol–water partition coefficient (Wildman–Crippen LogP) is 4.25. The van der Waals surface area contributed by atoms with Gasteiger partial charge in [-0.1, -0.05) is 29.8 Å². The largest absolute Gasteiger partial charge is 0.381 e. The second-order valence-electron chi connectivity index (χ2n) is 5.30. The summed E-state index contributed by atoms with van der Waals surface area (Å²) in [5.74, 6) is 2.54. The lowest BCUT2D eigenvalue weighted by Crippen LogP contribution is -2.19. The van der Waals surface area contributed by atoms with Crippen LogP contribution in [0.25, 0.3) is 0 Å². The molecule has 2 heteroatoms. The first-order valence-electron chi connectivity index (χ1n) is 6.36. The number of alkyl halides is 1. The molecule has 0 amide bonds. The van der Waals surface area contributed by atoms with E-state index in [9.17, 15) is 0 Å². The van der Waals surface area contributed by atoms with E-state index >= 15 is 0 Å². The molecular weight excluding hydrogens is 252 g/mol. The summed E-state index contributed by atoms with van der Waals surface area (Å²) in [5.41, 5.74) is 0. The molecule has 15 heavy (non-hydrogen) atoms. The molecule has 0 radical (unpaired) electrons. The maximum Gasteiger partial charge on any atom is 0.0494 e. The van der Waals surface area contributed by atoms with E-state index in [1.807, 2.05) is 0 Å². The number of hydrogen-bond donors (Lipinski definition) is 0. The minimum absolute atomic E-state index is 0.772. The Bertz CT molecular complexity index is 151. The van der Waals surface area contributed by atoms with Crippen molar-refractivity contribution in [2.24, 2.45) is 17.8 Å². The minimum Gasteiger partial charge on any atom is -0.381 e. The summed E-state index contributed by atoms with van der Waals surface area (Å²) < 4.78 is 5.74. The van der Waals surface area contributed by atoms with Crippen molar-refractivity contribution in [2.45, 2.75) is 46.0 Å². The van der Waals surface area contributed by atoms with Crippen LogP contribution in [0.1, 0.15) is 46.0 Å². The van der Waals surface area contributed by atoms with Crippen LogP contribution < -0.4 is 0 Å². The van der Waals surface area contributed by atoms with E-state index in [-0.39, 0.29) is 0 Å². The fourth-order valence-corrected chi connectivity index (χ4v) is 2.77. The van der Waals surface area contributed by atoms with E-state index < -0.39 is 0 Å². The Balaban J connectivity index is 1.99. The molecule has 0 spiro atoms. The molecule has 0 aliphatic heterocycles. The standard InChI is InChI=1S/C13H25BrO/c1-11(2)7-8-15-10-13-5-3-12(9-14)4-6-13/h11-13H,3-10H2,1-2H3. The molecular formula is C13H25BrO. The Morgan fingerprint density at radius 3 is 2.27 bits per heavy atom. The molecule has 1 saturated carbocycles. The lowest BCUT2D eigenvalue weighted by atomic mass is 9.83. The third-order valence-corrected chi connectivity index (χ3v) is 4.29. The fraction of sp³-hybridized carbons (Fsp3) is 1.00. The van der Waals surface area contributed by atoms with E-state index in [1.54, 1.807) is 0 Å². The predicted molar refractivity (Wildman–Crippen MR) is 69.5 cm³/mol. The van der Waals surface area contributed by atoms with Crippen molar-refractivity contribution in [3.05, 3.63) is 0 Å². The smallest absolute Gasteiger partial charge is 0.0494 e. The molecule has 0 aromatic carbocycles. The summed E-state index contributed by atoms with van der Waals surface area (Å²) in [6, 6.07) is 0. The van der Waals surface area contributed by atoms with Gasteiger partial charge in [-0.2, -0.15) is 0 Å². The van der Waals surface area contributed by atoms with Crippen LogP contribution in [0, 0.1) is 17.8 Å². The Labute approximate surface area is 103 Å². The van der Waals surface area contributed by atoms with E-state index in [1.165, 1.54) is 37.4 Å². The van der Waals surface area contributed by atoms with Crippen molar-refractivity contribution >= 4 is 15.9 Å². The van der Waals surface area contributed by atoms with Crippen molar-refractivity contribution in [1.82, 2.24) is 0 Å². The normalized spacial score (nSPS) is 27.2. The minimum atomic E-state index is 0.772. The number of ether oxygens (including phenoxy) is 1. The number of halogens is 1. The van der Waals surface area contributed by atoms with Gasteiger partial charge in [-0.3, -0.25) is 0 Å². The number of rotatable bonds is 6. The maximum absolute atomic E-state index is 5.74. The van der Waals surface area contributed by atoms with Gasteiger partial charge in [-0.05, 0) is 49.9 Å². The van der Waals surface area contributed by atoms with Crippen LogP contribution in [0.3, 0.4) is 0 Å². The van der Waals surface area contributed by atoms with Crippen molar-refractivity contribution in [3.63, 3.8) is 0 Å². The van der Waals surface area contributed by atoms with Crippen LogP contribution in [0.2, 0.25) is 0 Å². The second kappa shape index (κ2) is 7.67. The first-order valence-corrected chi connectivity index (χ1v) is 7.48. The van der Waals surface area contributed by atoms with Crippen LogP contribution >= 0.6 is 15.9 Å². The van der Waals surface area contributed by atoms with Crippen LogP contribution in [0.15, 0.2) is 0 Å². The van der Waals surface area contributed by atoms with Gasteiger partial charge >= 0.3 is 0 Å². The van der Waals surface area contributed by atoms with E-state index in [2.05, 4.69) is 29.8 Å². The molecule has 0 saturated heterocycles. The molecule has 0 aromatic heterocycles. The third kappa shape index (κ3) is 5.91. The molecule has 0 heterocycles. The lowest BCUT2D eigenvalue weighted by Gasteiger charge is -2.27. The first kappa shape index (κ1) is 13.5. The zero-order valence-corrected chi connectivity index (χ0v) is 11.8. The highest BCUT2D eigenvalue weighted by Gasteiger charge is 2.20. The average molecular weight is 277 g/mol. The van der Waals surface area contributed by atoms with Gasteiger partial charge in [0.2, 0.25) is 0 Å². The van der Waals surface area contributed by atoms with Gasteiger partial charge in [-0.25, -0.2) is 0 Å². The quantitative estimate of drug-likeness (QED) is 0.521. The summed E-state index contributed by atoms with van der Waals surface area (Å²) in [4.78, 5) is 0. The zero-order chi connectivity index (χ0) is 11.1. The molecule has 0 unspecified atom stereocenters. The van der Waals surface area contributed by atoms with Crippen molar-refractivity contribution < 1.29 is 4.74 Å². The van der Waals surface area contributed by atoms with Gasteiger partial charge in [0.15, 0.2) is 0 Å². The highest BCUT2D eigenvalue weighted by Crippen LogP contribution is 2.29. The molecule has 1 aliphatic rings. The van der Waals surface area contributed by atoms with Gasteiger partial charge in [0.05, 0.1) is 0 Å². The molecule has 1 aliphatic carbocycles. The maximum atomic E-state index is 5.74. The summed E-state index contributed by atoms with van der Waals surface area (Å²) >= 11 is 3.58. The van der Waals surface area contributed by atoms with Gasteiger partial charge in [0.1, 0.15) is 0 Å². The average Bonchev–Trinajstić information content (AvgIpc) is 2.25. The first-order chi connectivity index (χ1) is 7.22. The van der Waals surface area contributed by atoms with E-state index in [4.69, 9.17) is 4.74 Å². The second-order valence-corrected chi connectivity index (χ2v) is 5.95. The van der Waals surface area contributed by atoms with Crippen molar-refractivity contribution in [2.75, 3.05) is 18.5 Å². The summed E-state index contributed by atoms with van der Waals surface area (Å²) in [6.07, 6.45) is 6.74. The highest BCUT2D eigenvalue weighted by molar-refractivity contribution is 9.09. The molecule has 1 rings (SSSR count). The van der Waals surface area contributed by atoms with E-state index in [0.717, 1.165) is 31.0 Å². The number of hydrogen-bond acceptors (Lipinski definition) is 1. The topological polar surface area (TPSA) is 9.23 Å². The molecule has 1 nitrogen and oxygen atoms in total. The molecule has 0 aromatic rings. The van der Waals surface area contributed by atoms with Crippen molar-refractivity contribution in [3.8, 4) is 0 Å². The summed E-state index contributed by atoms with van der Waals surface area (Å²) in [5, 5.41) is 1.19. The summed E-state index contributed by atoms with van der Waals surface area (Å²) in [6.45, 7) is 6.47. The third-order valence-electron chi connectivity index (χ3n) is 3.38. The molecule has 0 bridgehead atoms. The highest BCUT2D eigenvalue weighted by atomic mass is 79.9. The Kier molecular flexibility index (Phi) is 6.91. The Morgan fingerprint density at radius 2 is 1.73 bits per heavy atom. The van der Waals surface area contributed by atoms with Gasteiger partial charge in [0.25, 0.3) is 0 Å². The van der Waals surface area contributed by atoms with Gasteiger partial charge < -0.3 is 4.74 Å². The van der Waals surface area contributed by atoms with Crippen molar-refractivity contribution in [1.29, 1.82) is 0 Å². The Morgan fingerprint density at radius 1 is 1.13 bits per heavy atom. The van der Waals surface area contributed by atoms with E-state index in [0.29, 0.717) is 0 Å². The molecule has 90 valence electrons. The molecule has 0 atom stereocenters. The monoisotopic (exact) mass is 276 g/mol. The molecule has 1 fully saturated rings. The van der Waals surface area contributed by atoms with Crippen LogP contribution in [-0.4, -0.2) is 18.5 Å². The van der Waals surface area contributed by atoms with Crippen LogP contribution in [0.5, 0.6) is 0 Å². The van der Waals surface area contributed by atoms with Crippen LogP contribution in [-0.2, 0) is 4.74 Å². The SMILES string of the molecule is CC(C)CCOCC1CCC(CBr)CC1. The Hall–Kier alpha value is 0.440. The summed E-state index contributed by atoms with van der Waals surface area (Å²) in [7, 11) is 0.